The Kier molecular flexibility index (Phi) is 3.64. The lowest BCUT2D eigenvalue weighted by molar-refractivity contribution is 0.0994. The molecule has 1 heterocycles. The van der Waals surface area contributed by atoms with Crippen LogP contribution in [0.1, 0.15) is 23.7 Å². The average Bonchev–Trinajstić information content (AvgIpc) is 2.29. The summed E-state index contributed by atoms with van der Waals surface area (Å²) in [5.74, 6) is 0.0561. The van der Waals surface area contributed by atoms with E-state index < -0.39 is 0 Å². The fourth-order valence-corrected chi connectivity index (χ4v) is 2.06. The third kappa shape index (κ3) is 2.98. The molecule has 0 bridgehead atoms. The van der Waals surface area contributed by atoms with Crippen LogP contribution in [0.25, 0.3) is 0 Å². The number of ketones is 1. The molecule has 1 atom stereocenters. The zero-order valence-corrected chi connectivity index (χ0v) is 10.4. The Morgan fingerprint density at radius 1 is 1.41 bits per heavy atom. The Morgan fingerprint density at radius 2 is 2.18 bits per heavy atom. The van der Waals surface area contributed by atoms with Crippen molar-refractivity contribution in [3.63, 3.8) is 0 Å². The van der Waals surface area contributed by atoms with Crippen LogP contribution in [0.2, 0.25) is 5.02 Å². The standard InChI is InChI=1S/C14H14ClNO/c1-10-8-11(6-7-16-10)9-14(17)12-4-2-3-5-13(12)15/h2-8,10,16H,9H2,1H3. The van der Waals surface area contributed by atoms with Crippen LogP contribution in [-0.4, -0.2) is 11.8 Å². The molecule has 1 aromatic carbocycles. The van der Waals surface area contributed by atoms with Gasteiger partial charge in [0.2, 0.25) is 0 Å². The van der Waals surface area contributed by atoms with Crippen molar-refractivity contribution in [3.05, 3.63) is 58.8 Å². The van der Waals surface area contributed by atoms with Crippen molar-refractivity contribution in [2.45, 2.75) is 19.4 Å². The summed E-state index contributed by atoms with van der Waals surface area (Å²) in [6.45, 7) is 2.05. The van der Waals surface area contributed by atoms with E-state index in [9.17, 15) is 4.79 Å². The van der Waals surface area contributed by atoms with Gasteiger partial charge in [-0.05, 0) is 36.9 Å². The molecule has 2 nitrogen and oxygen atoms in total. The van der Waals surface area contributed by atoms with E-state index in [1.165, 1.54) is 0 Å². The minimum absolute atomic E-state index is 0.0561. The van der Waals surface area contributed by atoms with Crippen LogP contribution < -0.4 is 5.32 Å². The van der Waals surface area contributed by atoms with E-state index in [-0.39, 0.29) is 11.8 Å². The smallest absolute Gasteiger partial charge is 0.168 e. The number of nitrogens with one attached hydrogen (secondary N) is 1. The molecule has 1 aromatic rings. The molecule has 88 valence electrons. The Balaban J connectivity index is 2.13. The van der Waals surface area contributed by atoms with E-state index >= 15 is 0 Å². The third-order valence-electron chi connectivity index (χ3n) is 2.66. The second kappa shape index (κ2) is 5.19. The highest BCUT2D eigenvalue weighted by molar-refractivity contribution is 6.34. The first-order chi connectivity index (χ1) is 8.16. The van der Waals surface area contributed by atoms with Crippen LogP contribution in [0.5, 0.6) is 0 Å². The number of Topliss-reactive ketones (excluding diaryl/α,β-unsaturated/α-hetero) is 1. The Hall–Kier alpha value is -1.54. The van der Waals surface area contributed by atoms with E-state index in [1.54, 1.807) is 12.1 Å². The van der Waals surface area contributed by atoms with Gasteiger partial charge >= 0.3 is 0 Å². The minimum atomic E-state index is 0.0561. The molecule has 0 saturated heterocycles. The van der Waals surface area contributed by atoms with Crippen molar-refractivity contribution >= 4 is 17.4 Å². The molecule has 1 N–H and O–H groups in total. The first-order valence-electron chi connectivity index (χ1n) is 5.58. The van der Waals surface area contributed by atoms with Crippen molar-refractivity contribution in [2.24, 2.45) is 0 Å². The SMILES string of the molecule is CC1C=C(CC(=O)c2ccccc2Cl)C=CN1. The Morgan fingerprint density at radius 3 is 2.88 bits per heavy atom. The van der Waals surface area contributed by atoms with Gasteiger partial charge in [0.05, 0.1) is 5.02 Å². The molecule has 0 aliphatic carbocycles. The van der Waals surface area contributed by atoms with Crippen LogP contribution in [0.4, 0.5) is 0 Å². The van der Waals surface area contributed by atoms with Gasteiger partial charge in [0.1, 0.15) is 0 Å². The highest BCUT2D eigenvalue weighted by Crippen LogP contribution is 2.20. The molecular formula is C14H14ClNO. The summed E-state index contributed by atoms with van der Waals surface area (Å²) in [5.41, 5.74) is 1.62. The number of dihydropyridines is 1. The van der Waals surface area contributed by atoms with Gasteiger partial charge in [-0.15, -0.1) is 0 Å². The summed E-state index contributed by atoms with van der Waals surface area (Å²) in [6, 6.07) is 7.43. The van der Waals surface area contributed by atoms with Crippen LogP contribution in [0.3, 0.4) is 0 Å². The molecule has 1 aliphatic rings. The second-order valence-electron chi connectivity index (χ2n) is 4.11. The fourth-order valence-electron chi connectivity index (χ4n) is 1.82. The molecule has 0 saturated carbocycles. The van der Waals surface area contributed by atoms with Gasteiger partial charge in [0.15, 0.2) is 5.78 Å². The number of rotatable bonds is 3. The van der Waals surface area contributed by atoms with E-state index in [1.807, 2.05) is 31.3 Å². The number of benzene rings is 1. The predicted octanol–water partition coefficient (Wildman–Crippen LogP) is 3.34. The average molecular weight is 248 g/mol. The van der Waals surface area contributed by atoms with Crippen molar-refractivity contribution in [1.82, 2.24) is 5.32 Å². The van der Waals surface area contributed by atoms with Crippen LogP contribution >= 0.6 is 11.6 Å². The minimum Gasteiger partial charge on any atom is -0.385 e. The van der Waals surface area contributed by atoms with Gasteiger partial charge in [-0.3, -0.25) is 4.79 Å². The van der Waals surface area contributed by atoms with E-state index in [0.29, 0.717) is 17.0 Å². The van der Waals surface area contributed by atoms with Gasteiger partial charge < -0.3 is 5.32 Å². The van der Waals surface area contributed by atoms with Crippen molar-refractivity contribution in [1.29, 1.82) is 0 Å². The Labute approximate surface area is 106 Å². The predicted molar refractivity (Wildman–Crippen MR) is 70.2 cm³/mol. The molecule has 0 fully saturated rings. The number of hydrogen-bond acceptors (Lipinski definition) is 2. The highest BCUT2D eigenvalue weighted by Gasteiger charge is 2.12. The number of halogens is 1. The maximum Gasteiger partial charge on any atom is 0.168 e. The number of carbonyl (C=O) groups excluding carboxylic acids is 1. The molecule has 1 aliphatic heterocycles. The van der Waals surface area contributed by atoms with Crippen molar-refractivity contribution in [3.8, 4) is 0 Å². The molecule has 0 amide bonds. The maximum atomic E-state index is 12.1. The van der Waals surface area contributed by atoms with Crippen LogP contribution in [0, 0.1) is 0 Å². The first kappa shape index (κ1) is 11.9. The lowest BCUT2D eigenvalue weighted by Crippen LogP contribution is -2.21. The Bertz CT molecular complexity index is 491. The molecule has 1 unspecified atom stereocenters. The van der Waals surface area contributed by atoms with Crippen LogP contribution in [-0.2, 0) is 0 Å². The first-order valence-corrected chi connectivity index (χ1v) is 5.95. The third-order valence-corrected chi connectivity index (χ3v) is 2.99. The molecule has 0 aromatic heterocycles. The molecule has 3 heteroatoms. The molecule has 0 spiro atoms. The molecule has 17 heavy (non-hydrogen) atoms. The monoisotopic (exact) mass is 247 g/mol. The van der Waals surface area contributed by atoms with E-state index in [2.05, 4.69) is 11.4 Å². The van der Waals surface area contributed by atoms with E-state index in [0.717, 1.165) is 5.57 Å². The zero-order valence-electron chi connectivity index (χ0n) is 9.61. The van der Waals surface area contributed by atoms with Gasteiger partial charge in [-0.1, -0.05) is 29.8 Å². The van der Waals surface area contributed by atoms with Gasteiger partial charge in [-0.2, -0.15) is 0 Å². The largest absolute Gasteiger partial charge is 0.385 e. The topological polar surface area (TPSA) is 29.1 Å². The summed E-state index contributed by atoms with van der Waals surface area (Å²) in [6.07, 6.45) is 6.25. The zero-order chi connectivity index (χ0) is 12.3. The maximum absolute atomic E-state index is 12.1. The van der Waals surface area contributed by atoms with Gasteiger partial charge in [0.25, 0.3) is 0 Å². The lowest BCUT2D eigenvalue weighted by atomic mass is 10.0. The summed E-state index contributed by atoms with van der Waals surface area (Å²) < 4.78 is 0. The molecular weight excluding hydrogens is 234 g/mol. The van der Waals surface area contributed by atoms with E-state index in [4.69, 9.17) is 11.6 Å². The second-order valence-corrected chi connectivity index (χ2v) is 4.52. The normalized spacial score (nSPS) is 18.5. The van der Waals surface area contributed by atoms with Crippen LogP contribution in [0.15, 0.2) is 48.2 Å². The van der Waals surface area contributed by atoms with Crippen molar-refractivity contribution in [2.75, 3.05) is 0 Å². The summed E-state index contributed by atoms with van der Waals surface area (Å²) in [7, 11) is 0. The fraction of sp³-hybridized carbons (Fsp3) is 0.214. The number of carbonyl (C=O) groups is 1. The lowest BCUT2D eigenvalue weighted by Gasteiger charge is -2.14. The summed E-state index contributed by atoms with van der Waals surface area (Å²) in [5, 5.41) is 3.66. The summed E-state index contributed by atoms with van der Waals surface area (Å²) in [4.78, 5) is 12.1. The molecule has 0 radical (unpaired) electrons. The quantitative estimate of drug-likeness (QED) is 0.830. The van der Waals surface area contributed by atoms with Gasteiger partial charge in [0, 0.05) is 18.0 Å². The number of hydrogen-bond donors (Lipinski definition) is 1. The highest BCUT2D eigenvalue weighted by atomic mass is 35.5. The molecule has 2 rings (SSSR count). The van der Waals surface area contributed by atoms with Crippen molar-refractivity contribution < 1.29 is 4.79 Å². The van der Waals surface area contributed by atoms with Gasteiger partial charge in [-0.25, -0.2) is 0 Å². The number of allylic oxidation sites excluding steroid dienone is 2. The summed E-state index contributed by atoms with van der Waals surface area (Å²) >= 11 is 5.99.